The van der Waals surface area contributed by atoms with Crippen LogP contribution in [-0.2, 0) is 10.0 Å². The van der Waals surface area contributed by atoms with Gasteiger partial charge in [0.25, 0.3) is 0 Å². The minimum Gasteiger partial charge on any atom is -0.316 e. The normalized spacial score (nSPS) is 13.2. The molecule has 0 aliphatic carbocycles. The number of aromatic amines is 2. The van der Waals surface area contributed by atoms with Gasteiger partial charge in [0.05, 0.1) is 15.9 Å². The quantitative estimate of drug-likeness (QED) is 0.627. The van der Waals surface area contributed by atoms with Gasteiger partial charge < -0.3 is 9.97 Å². The van der Waals surface area contributed by atoms with Gasteiger partial charge >= 0.3 is 11.1 Å². The Hall–Kier alpha value is -1.93. The number of aromatic nitrogens is 2. The molecule has 1 heterocycles. The summed E-state index contributed by atoms with van der Waals surface area (Å²) >= 11 is 0. The van der Waals surface area contributed by atoms with Crippen molar-refractivity contribution in [1.29, 1.82) is 0 Å². The summed E-state index contributed by atoms with van der Waals surface area (Å²) in [5.74, 6) is 0.302. The SMILES string of the molecule is CCCCC(CC)CNS(=O)(=O)c1ccc2[nH]c(=O)c(=O)[nH]c2c1. The second-order valence-corrected chi connectivity index (χ2v) is 7.65. The predicted octanol–water partition coefficient (Wildman–Crippen LogP) is 1.71. The van der Waals surface area contributed by atoms with Crippen molar-refractivity contribution in [2.45, 2.75) is 44.4 Å². The highest BCUT2D eigenvalue weighted by atomic mass is 32.2. The van der Waals surface area contributed by atoms with Crippen molar-refractivity contribution < 1.29 is 8.42 Å². The molecule has 3 N–H and O–H groups in total. The number of nitrogens with one attached hydrogen (secondary N) is 3. The number of fused-ring (bicyclic) bond motifs is 1. The van der Waals surface area contributed by atoms with Gasteiger partial charge in [-0.1, -0.05) is 33.1 Å². The van der Waals surface area contributed by atoms with Crippen molar-refractivity contribution in [3.63, 3.8) is 0 Å². The van der Waals surface area contributed by atoms with E-state index in [1.165, 1.54) is 18.2 Å². The number of hydrogen-bond donors (Lipinski definition) is 3. The zero-order chi connectivity index (χ0) is 17.7. The van der Waals surface area contributed by atoms with Crippen molar-refractivity contribution in [3.8, 4) is 0 Å². The third-order valence-electron chi connectivity index (χ3n) is 4.11. The lowest BCUT2D eigenvalue weighted by Crippen LogP contribution is -2.30. The first kappa shape index (κ1) is 18.4. The third kappa shape index (κ3) is 4.33. The Labute approximate surface area is 140 Å². The van der Waals surface area contributed by atoms with Crippen LogP contribution in [0.3, 0.4) is 0 Å². The van der Waals surface area contributed by atoms with E-state index < -0.39 is 21.1 Å². The highest BCUT2D eigenvalue weighted by Crippen LogP contribution is 2.16. The number of rotatable bonds is 8. The molecule has 2 aromatic rings. The largest absolute Gasteiger partial charge is 0.316 e. The Kier molecular flexibility index (Phi) is 5.95. The Bertz CT molecular complexity index is 915. The molecule has 0 aliphatic rings. The van der Waals surface area contributed by atoms with Crippen LogP contribution in [-0.4, -0.2) is 24.9 Å². The lowest BCUT2D eigenvalue weighted by atomic mass is 10.00. The third-order valence-corrected chi connectivity index (χ3v) is 5.53. The van der Waals surface area contributed by atoms with E-state index in [2.05, 4.69) is 21.6 Å². The molecule has 7 nitrogen and oxygen atoms in total. The Balaban J connectivity index is 2.22. The molecule has 0 aliphatic heterocycles. The average molecular weight is 353 g/mol. The molecule has 2 rings (SSSR count). The van der Waals surface area contributed by atoms with E-state index >= 15 is 0 Å². The molecule has 8 heteroatoms. The molecule has 1 aromatic carbocycles. The van der Waals surface area contributed by atoms with Gasteiger partial charge in [0.2, 0.25) is 10.0 Å². The van der Waals surface area contributed by atoms with E-state index in [1.54, 1.807) is 0 Å². The molecule has 0 saturated carbocycles. The van der Waals surface area contributed by atoms with Crippen LogP contribution in [0.4, 0.5) is 0 Å². The smallest absolute Gasteiger partial charge is 0.314 e. The van der Waals surface area contributed by atoms with Crippen LogP contribution in [0, 0.1) is 5.92 Å². The van der Waals surface area contributed by atoms with Crippen LogP contribution >= 0.6 is 0 Å². The maximum atomic E-state index is 12.4. The van der Waals surface area contributed by atoms with Gasteiger partial charge in [-0.25, -0.2) is 13.1 Å². The fraction of sp³-hybridized carbons (Fsp3) is 0.500. The van der Waals surface area contributed by atoms with Crippen LogP contribution in [0.1, 0.15) is 39.5 Å². The fourth-order valence-electron chi connectivity index (χ4n) is 2.52. The van der Waals surface area contributed by atoms with Crippen LogP contribution in [0.25, 0.3) is 11.0 Å². The standard InChI is InChI=1S/C16H23N3O4S/c1-3-5-6-11(4-2)10-17-24(22,23)12-7-8-13-14(9-12)19-16(21)15(20)18-13/h7-9,11,17H,3-6,10H2,1-2H3,(H,18,20)(H,19,21). The van der Waals surface area contributed by atoms with Gasteiger partial charge in [0.1, 0.15) is 0 Å². The summed E-state index contributed by atoms with van der Waals surface area (Å²) in [7, 11) is -3.67. The van der Waals surface area contributed by atoms with Crippen LogP contribution < -0.4 is 15.8 Å². The summed E-state index contributed by atoms with van der Waals surface area (Å²) < 4.78 is 27.5. The van der Waals surface area contributed by atoms with Crippen LogP contribution in [0.5, 0.6) is 0 Å². The summed E-state index contributed by atoms with van der Waals surface area (Å²) in [6.45, 7) is 4.54. The van der Waals surface area contributed by atoms with Crippen molar-refractivity contribution in [1.82, 2.24) is 14.7 Å². The lowest BCUT2D eigenvalue weighted by molar-refractivity contribution is 0.444. The van der Waals surface area contributed by atoms with Crippen LogP contribution in [0.2, 0.25) is 0 Å². The minimum atomic E-state index is -3.67. The van der Waals surface area contributed by atoms with Crippen LogP contribution in [0.15, 0.2) is 32.7 Å². The number of sulfonamides is 1. The van der Waals surface area contributed by atoms with Crippen molar-refractivity contribution in [2.24, 2.45) is 5.92 Å². The summed E-state index contributed by atoms with van der Waals surface area (Å²) in [5, 5.41) is 0. The van der Waals surface area contributed by atoms with Crippen molar-refractivity contribution >= 4 is 21.1 Å². The molecular formula is C16H23N3O4S. The molecule has 0 fully saturated rings. The van der Waals surface area contributed by atoms with Gasteiger partial charge in [-0.3, -0.25) is 9.59 Å². The molecule has 0 bridgehead atoms. The minimum absolute atomic E-state index is 0.0584. The molecular weight excluding hydrogens is 330 g/mol. The van der Waals surface area contributed by atoms with Gasteiger partial charge in [-0.05, 0) is 30.5 Å². The van der Waals surface area contributed by atoms with Gasteiger partial charge in [-0.2, -0.15) is 0 Å². The molecule has 0 spiro atoms. The maximum absolute atomic E-state index is 12.4. The first-order valence-electron chi connectivity index (χ1n) is 8.13. The number of hydrogen-bond acceptors (Lipinski definition) is 4. The molecule has 0 radical (unpaired) electrons. The van der Waals surface area contributed by atoms with Gasteiger partial charge in [-0.15, -0.1) is 0 Å². The average Bonchev–Trinajstić information content (AvgIpc) is 2.55. The molecule has 0 amide bonds. The highest BCUT2D eigenvalue weighted by Gasteiger charge is 2.17. The zero-order valence-corrected chi connectivity index (χ0v) is 14.7. The first-order chi connectivity index (χ1) is 11.4. The summed E-state index contributed by atoms with van der Waals surface area (Å²) in [6.07, 6.45) is 4.06. The zero-order valence-electron chi connectivity index (χ0n) is 13.9. The first-order valence-corrected chi connectivity index (χ1v) is 9.61. The van der Waals surface area contributed by atoms with E-state index in [0.29, 0.717) is 18.0 Å². The summed E-state index contributed by atoms with van der Waals surface area (Å²) in [6, 6.07) is 4.23. The maximum Gasteiger partial charge on any atom is 0.314 e. The lowest BCUT2D eigenvalue weighted by Gasteiger charge is -2.15. The van der Waals surface area contributed by atoms with E-state index in [-0.39, 0.29) is 10.4 Å². The van der Waals surface area contributed by atoms with E-state index in [4.69, 9.17) is 0 Å². The number of unbranched alkanes of at least 4 members (excludes halogenated alkanes) is 1. The molecule has 0 saturated heterocycles. The molecule has 1 unspecified atom stereocenters. The Morgan fingerprint density at radius 2 is 1.75 bits per heavy atom. The predicted molar refractivity (Wildman–Crippen MR) is 93.7 cm³/mol. The topological polar surface area (TPSA) is 112 Å². The van der Waals surface area contributed by atoms with Gasteiger partial charge in [0, 0.05) is 6.54 Å². The Morgan fingerprint density at radius 3 is 2.38 bits per heavy atom. The molecule has 1 aromatic heterocycles. The second kappa shape index (κ2) is 7.76. The summed E-state index contributed by atoms with van der Waals surface area (Å²) in [5.41, 5.74) is -0.915. The Morgan fingerprint density at radius 1 is 1.08 bits per heavy atom. The number of H-pyrrole nitrogens is 2. The van der Waals surface area contributed by atoms with Gasteiger partial charge in [0.15, 0.2) is 0 Å². The van der Waals surface area contributed by atoms with Crippen molar-refractivity contribution in [3.05, 3.63) is 38.9 Å². The van der Waals surface area contributed by atoms with E-state index in [1.807, 2.05) is 6.92 Å². The van der Waals surface area contributed by atoms with E-state index in [0.717, 1.165) is 25.7 Å². The number of benzene rings is 1. The molecule has 132 valence electrons. The fourth-order valence-corrected chi connectivity index (χ4v) is 3.66. The molecule has 24 heavy (non-hydrogen) atoms. The molecule has 1 atom stereocenters. The highest BCUT2D eigenvalue weighted by molar-refractivity contribution is 7.89. The van der Waals surface area contributed by atoms with E-state index in [9.17, 15) is 18.0 Å². The monoisotopic (exact) mass is 353 g/mol. The second-order valence-electron chi connectivity index (χ2n) is 5.88. The summed E-state index contributed by atoms with van der Waals surface area (Å²) in [4.78, 5) is 27.5. The van der Waals surface area contributed by atoms with Crippen molar-refractivity contribution in [2.75, 3.05) is 6.54 Å².